The molecule has 0 heterocycles. The van der Waals surface area contributed by atoms with E-state index >= 15 is 0 Å². The molecule has 1 aromatic carbocycles. The second-order valence-corrected chi connectivity index (χ2v) is 7.59. The van der Waals surface area contributed by atoms with Gasteiger partial charge in [-0.2, -0.15) is 0 Å². The first-order valence-electron chi connectivity index (χ1n) is 6.56. The third-order valence-electron chi connectivity index (χ3n) is 3.44. The maximum Gasteiger partial charge on any atom is 0.242 e. The number of nitrogens with one attached hydrogen (secondary N) is 1. The van der Waals surface area contributed by atoms with E-state index in [0.717, 1.165) is 25.7 Å². The zero-order chi connectivity index (χ0) is 13.9. The Morgan fingerprint density at radius 2 is 1.79 bits per heavy atom. The van der Waals surface area contributed by atoms with E-state index in [9.17, 15) is 8.42 Å². The Hall–Kier alpha value is -0.590. The molecule has 19 heavy (non-hydrogen) atoms. The molecule has 3 N–H and O–H groups in total. The van der Waals surface area contributed by atoms with Crippen LogP contribution in [0.3, 0.4) is 0 Å². The minimum absolute atomic E-state index is 0.0332. The van der Waals surface area contributed by atoms with E-state index in [-0.39, 0.29) is 16.6 Å². The molecule has 0 bridgehead atoms. The van der Waals surface area contributed by atoms with Crippen molar-refractivity contribution in [2.75, 3.05) is 5.73 Å². The zero-order valence-corrected chi connectivity index (χ0v) is 13.1. The fourth-order valence-electron chi connectivity index (χ4n) is 2.42. The minimum atomic E-state index is -3.53. The van der Waals surface area contributed by atoms with E-state index in [0.29, 0.717) is 4.47 Å². The van der Waals surface area contributed by atoms with Gasteiger partial charge in [-0.25, -0.2) is 13.1 Å². The lowest BCUT2D eigenvalue weighted by atomic mass is 10.1. The largest absolute Gasteiger partial charge is 0.398 e. The van der Waals surface area contributed by atoms with Crippen molar-refractivity contribution < 1.29 is 8.42 Å². The van der Waals surface area contributed by atoms with Crippen LogP contribution in [0.15, 0.2) is 27.6 Å². The van der Waals surface area contributed by atoms with Crippen LogP contribution in [0, 0.1) is 0 Å². The number of nitrogen functional groups attached to an aromatic ring is 1. The average molecular weight is 347 g/mol. The molecule has 0 amide bonds. The van der Waals surface area contributed by atoms with Gasteiger partial charge in [0.25, 0.3) is 0 Å². The molecule has 0 aliphatic heterocycles. The molecule has 0 radical (unpaired) electrons. The lowest BCUT2D eigenvalue weighted by Crippen LogP contribution is -2.34. The normalized spacial score (nSPS) is 18.2. The second-order valence-electron chi connectivity index (χ2n) is 4.99. The van der Waals surface area contributed by atoms with E-state index < -0.39 is 10.0 Å². The SMILES string of the molecule is Nc1ccc(Br)cc1S(=O)(=O)NC1CCCCCC1. The van der Waals surface area contributed by atoms with Crippen LogP contribution in [0.25, 0.3) is 0 Å². The third kappa shape index (κ3) is 3.94. The molecule has 106 valence electrons. The molecule has 0 unspecified atom stereocenters. The van der Waals surface area contributed by atoms with Gasteiger partial charge in [0.2, 0.25) is 10.0 Å². The van der Waals surface area contributed by atoms with Gasteiger partial charge in [0.05, 0.1) is 5.69 Å². The summed E-state index contributed by atoms with van der Waals surface area (Å²) in [6, 6.07) is 4.92. The molecule has 0 saturated heterocycles. The average Bonchev–Trinajstić information content (AvgIpc) is 2.60. The molecule has 0 atom stereocenters. The number of rotatable bonds is 3. The van der Waals surface area contributed by atoms with Crippen molar-refractivity contribution in [1.82, 2.24) is 4.72 Å². The van der Waals surface area contributed by atoms with Gasteiger partial charge < -0.3 is 5.73 Å². The van der Waals surface area contributed by atoms with Gasteiger partial charge in [0.15, 0.2) is 0 Å². The minimum Gasteiger partial charge on any atom is -0.398 e. The summed E-state index contributed by atoms with van der Waals surface area (Å²) in [7, 11) is -3.53. The second kappa shape index (κ2) is 6.24. The zero-order valence-electron chi connectivity index (χ0n) is 10.7. The van der Waals surface area contributed by atoms with Crippen LogP contribution in [0.2, 0.25) is 0 Å². The van der Waals surface area contributed by atoms with Crippen molar-refractivity contribution in [3.8, 4) is 0 Å². The molecule has 1 aromatic rings. The van der Waals surface area contributed by atoms with Crippen molar-refractivity contribution in [2.24, 2.45) is 0 Å². The Bertz CT molecular complexity index is 538. The predicted molar refractivity (Wildman–Crippen MR) is 80.4 cm³/mol. The summed E-state index contributed by atoms with van der Waals surface area (Å²) in [5.74, 6) is 0. The van der Waals surface area contributed by atoms with E-state index in [1.807, 2.05) is 0 Å². The highest BCUT2D eigenvalue weighted by Crippen LogP contribution is 2.25. The molecule has 6 heteroatoms. The highest BCUT2D eigenvalue weighted by atomic mass is 79.9. The molecule has 1 fully saturated rings. The first-order valence-corrected chi connectivity index (χ1v) is 8.84. The van der Waals surface area contributed by atoms with Gasteiger partial charge in [-0.15, -0.1) is 0 Å². The molecule has 0 spiro atoms. The third-order valence-corrected chi connectivity index (χ3v) is 5.51. The highest BCUT2D eigenvalue weighted by molar-refractivity contribution is 9.10. The Labute approximate surface area is 122 Å². The fraction of sp³-hybridized carbons (Fsp3) is 0.538. The summed E-state index contributed by atoms with van der Waals surface area (Å²) in [5, 5.41) is 0. The monoisotopic (exact) mass is 346 g/mol. The van der Waals surface area contributed by atoms with Gasteiger partial charge in [-0.3, -0.25) is 0 Å². The van der Waals surface area contributed by atoms with Crippen LogP contribution < -0.4 is 10.5 Å². The number of sulfonamides is 1. The Kier molecular flexibility index (Phi) is 4.86. The maximum atomic E-state index is 12.4. The molecule has 1 saturated carbocycles. The van der Waals surface area contributed by atoms with Gasteiger partial charge in [0.1, 0.15) is 4.90 Å². The first-order chi connectivity index (χ1) is 8.99. The molecule has 0 aromatic heterocycles. The molecular weight excluding hydrogens is 328 g/mol. The van der Waals surface area contributed by atoms with E-state index in [2.05, 4.69) is 20.7 Å². The molecule has 1 aliphatic carbocycles. The quantitative estimate of drug-likeness (QED) is 0.652. The van der Waals surface area contributed by atoms with Gasteiger partial charge in [-0.05, 0) is 31.0 Å². The number of hydrogen-bond donors (Lipinski definition) is 2. The lowest BCUT2D eigenvalue weighted by molar-refractivity contribution is 0.510. The van der Waals surface area contributed by atoms with E-state index in [1.165, 1.54) is 12.8 Å². The first kappa shape index (κ1) is 14.8. The number of halogens is 1. The van der Waals surface area contributed by atoms with Crippen molar-refractivity contribution in [3.63, 3.8) is 0 Å². The summed E-state index contributed by atoms with van der Waals surface area (Å²) >= 11 is 3.28. The number of nitrogens with two attached hydrogens (primary N) is 1. The van der Waals surface area contributed by atoms with Crippen LogP contribution in [0.4, 0.5) is 5.69 Å². The maximum absolute atomic E-state index is 12.4. The Morgan fingerprint density at radius 1 is 1.16 bits per heavy atom. The summed E-state index contributed by atoms with van der Waals surface area (Å²) in [5.41, 5.74) is 6.05. The summed E-state index contributed by atoms with van der Waals surface area (Å²) in [6.07, 6.45) is 6.37. The number of hydrogen-bond acceptors (Lipinski definition) is 3. The van der Waals surface area contributed by atoms with Crippen LogP contribution in [-0.4, -0.2) is 14.5 Å². The smallest absolute Gasteiger partial charge is 0.242 e. The summed E-state index contributed by atoms with van der Waals surface area (Å²) < 4.78 is 28.2. The van der Waals surface area contributed by atoms with Gasteiger partial charge in [-0.1, -0.05) is 41.6 Å². The summed E-state index contributed by atoms with van der Waals surface area (Å²) in [4.78, 5) is 0.158. The topological polar surface area (TPSA) is 72.2 Å². The lowest BCUT2D eigenvalue weighted by Gasteiger charge is -2.17. The molecule has 2 rings (SSSR count). The van der Waals surface area contributed by atoms with Crippen molar-refractivity contribution >= 4 is 31.6 Å². The van der Waals surface area contributed by atoms with Crippen molar-refractivity contribution in [3.05, 3.63) is 22.7 Å². The number of benzene rings is 1. The van der Waals surface area contributed by atoms with Gasteiger partial charge >= 0.3 is 0 Å². The van der Waals surface area contributed by atoms with Crippen molar-refractivity contribution in [1.29, 1.82) is 0 Å². The standard InChI is InChI=1S/C13H19BrN2O2S/c14-10-7-8-12(15)13(9-10)19(17,18)16-11-5-3-1-2-4-6-11/h7-9,11,16H,1-6,15H2. The molecule has 4 nitrogen and oxygen atoms in total. The molecule has 1 aliphatic rings. The molecular formula is C13H19BrN2O2S. The predicted octanol–water partition coefficient (Wildman–Crippen LogP) is 3.03. The van der Waals surface area contributed by atoms with Crippen LogP contribution in [0.5, 0.6) is 0 Å². The fourth-order valence-corrected chi connectivity index (χ4v) is 4.40. The van der Waals surface area contributed by atoms with Gasteiger partial charge in [0, 0.05) is 10.5 Å². The van der Waals surface area contributed by atoms with Crippen LogP contribution in [-0.2, 0) is 10.0 Å². The Balaban J connectivity index is 2.19. The Morgan fingerprint density at radius 3 is 2.42 bits per heavy atom. The van der Waals surface area contributed by atoms with Crippen LogP contribution in [0.1, 0.15) is 38.5 Å². The number of anilines is 1. The van der Waals surface area contributed by atoms with E-state index in [1.54, 1.807) is 18.2 Å². The van der Waals surface area contributed by atoms with Crippen LogP contribution >= 0.6 is 15.9 Å². The van der Waals surface area contributed by atoms with Crippen molar-refractivity contribution in [2.45, 2.75) is 49.5 Å². The summed E-state index contributed by atoms with van der Waals surface area (Å²) in [6.45, 7) is 0. The van der Waals surface area contributed by atoms with E-state index in [4.69, 9.17) is 5.73 Å². The highest BCUT2D eigenvalue weighted by Gasteiger charge is 2.23.